The maximum Gasteiger partial charge on any atom is 0.0900 e. The molecule has 2 aromatic rings. The van der Waals surface area contributed by atoms with E-state index in [1.54, 1.807) is 11.3 Å². The monoisotopic (exact) mass is 356 g/mol. The minimum absolute atomic E-state index is 1.05. The summed E-state index contributed by atoms with van der Waals surface area (Å²) in [5.41, 5.74) is 6.81. The highest BCUT2D eigenvalue weighted by atomic mass is 32.1. The Labute approximate surface area is 152 Å². The molecular formula is C18H36N4OS. The van der Waals surface area contributed by atoms with Crippen LogP contribution in [0.1, 0.15) is 52.2 Å². The molecule has 0 unspecified atom stereocenters. The first-order chi connectivity index (χ1) is 11.7. The predicted molar refractivity (Wildman–Crippen MR) is 109 cm³/mol. The first-order valence-corrected chi connectivity index (χ1v) is 8.93. The Balaban J connectivity index is -0.000000155. The van der Waals surface area contributed by atoms with Gasteiger partial charge in [-0.05, 0) is 26.1 Å². The van der Waals surface area contributed by atoms with Crippen LogP contribution in [-0.2, 0) is 0 Å². The number of aromatic nitrogens is 2. The maximum atomic E-state index is 6.50. The molecule has 140 valence electrons. The summed E-state index contributed by atoms with van der Waals surface area (Å²) in [4.78, 5) is 9.64. The van der Waals surface area contributed by atoms with Gasteiger partial charge >= 0.3 is 0 Å². The van der Waals surface area contributed by atoms with E-state index in [1.807, 2.05) is 73.8 Å². The average molecular weight is 357 g/mol. The van der Waals surface area contributed by atoms with Gasteiger partial charge in [0.15, 0.2) is 0 Å². The number of aryl methyl sites for hydroxylation is 2. The molecule has 0 aliphatic rings. The summed E-state index contributed by atoms with van der Waals surface area (Å²) in [5, 5.41) is 7.59. The normalized spacial score (nSPS) is 7.08. The van der Waals surface area contributed by atoms with Gasteiger partial charge in [-0.1, -0.05) is 54.2 Å². The predicted octanol–water partition coefficient (Wildman–Crippen LogP) is 5.32. The second-order valence-corrected chi connectivity index (χ2v) is 4.40. The first-order valence-electron chi connectivity index (χ1n) is 8.11. The van der Waals surface area contributed by atoms with Crippen LogP contribution in [-0.4, -0.2) is 15.2 Å². The Morgan fingerprint density at radius 2 is 1.42 bits per heavy atom. The zero-order chi connectivity index (χ0) is 20.0. The molecule has 0 spiro atoms. The molecule has 5 nitrogen and oxygen atoms in total. The number of pyridine rings is 1. The smallest absolute Gasteiger partial charge is 0.0900 e. The fourth-order valence-corrected chi connectivity index (χ4v) is 1.88. The van der Waals surface area contributed by atoms with Gasteiger partial charge in [0.25, 0.3) is 0 Å². The van der Waals surface area contributed by atoms with Gasteiger partial charge in [0.05, 0.1) is 9.88 Å². The Bertz CT molecular complexity index is 456. The third-order valence-electron chi connectivity index (χ3n) is 1.82. The standard InChI is InChI=1S/C10H10N2S.C2H5N.3C2H6.H3NO/c1-7-3-4-9(5-11-7)10-6-12-8(2)13-10;1-2-3;4*1-2/h3-6H,1-2H3;2H,1,3H2;3*1-2H3;2H,1H2. The molecule has 0 fully saturated rings. The van der Waals surface area contributed by atoms with E-state index in [1.165, 1.54) is 11.1 Å². The van der Waals surface area contributed by atoms with Crippen molar-refractivity contribution < 1.29 is 5.21 Å². The topological polar surface area (TPSA) is 98.0 Å². The molecule has 2 rings (SSSR count). The van der Waals surface area contributed by atoms with Gasteiger partial charge in [0.1, 0.15) is 0 Å². The summed E-state index contributed by atoms with van der Waals surface area (Å²) in [5.74, 6) is 3.50. The van der Waals surface area contributed by atoms with Crippen molar-refractivity contribution >= 4 is 11.3 Å². The molecule has 0 aromatic carbocycles. The van der Waals surface area contributed by atoms with E-state index in [9.17, 15) is 0 Å². The molecule has 0 saturated heterocycles. The molecule has 6 heteroatoms. The van der Waals surface area contributed by atoms with Crippen LogP contribution < -0.4 is 11.6 Å². The summed E-state index contributed by atoms with van der Waals surface area (Å²) in [6, 6.07) is 4.10. The third kappa shape index (κ3) is 16.6. The summed E-state index contributed by atoms with van der Waals surface area (Å²) in [7, 11) is 0. The number of nitrogens with zero attached hydrogens (tertiary/aromatic N) is 2. The summed E-state index contributed by atoms with van der Waals surface area (Å²) in [6.07, 6.45) is 5.04. The van der Waals surface area contributed by atoms with E-state index in [4.69, 9.17) is 5.21 Å². The first kappa shape index (κ1) is 30.2. The Morgan fingerprint density at radius 3 is 1.71 bits per heavy atom. The van der Waals surface area contributed by atoms with E-state index in [0.29, 0.717) is 0 Å². The third-order valence-corrected chi connectivity index (χ3v) is 2.78. The molecule has 0 amide bonds. The Kier molecular flexibility index (Phi) is 32.9. The number of hydrogen-bond donors (Lipinski definition) is 3. The van der Waals surface area contributed by atoms with Gasteiger partial charge in [-0.3, -0.25) is 4.98 Å². The second kappa shape index (κ2) is 26.2. The fourth-order valence-electron chi connectivity index (χ4n) is 1.11. The van der Waals surface area contributed by atoms with E-state index < -0.39 is 0 Å². The molecular weight excluding hydrogens is 320 g/mol. The second-order valence-electron chi connectivity index (χ2n) is 3.17. The molecule has 5 N–H and O–H groups in total. The largest absolute Gasteiger partial charge is 0.405 e. The van der Waals surface area contributed by atoms with Gasteiger partial charge in [-0.15, -0.1) is 11.3 Å². The van der Waals surface area contributed by atoms with Crippen molar-refractivity contribution in [2.75, 3.05) is 0 Å². The van der Waals surface area contributed by atoms with E-state index >= 15 is 0 Å². The molecule has 0 atom stereocenters. The van der Waals surface area contributed by atoms with Crippen LogP contribution in [0, 0.1) is 13.8 Å². The fraction of sp³-hybridized carbons (Fsp3) is 0.444. The van der Waals surface area contributed by atoms with Crippen LogP contribution in [0.15, 0.2) is 37.3 Å². The van der Waals surface area contributed by atoms with Gasteiger partial charge in [0.2, 0.25) is 0 Å². The number of hydrogen-bond acceptors (Lipinski definition) is 6. The lowest BCUT2D eigenvalue weighted by Crippen LogP contribution is -1.79. The minimum atomic E-state index is 1.05. The van der Waals surface area contributed by atoms with Crippen LogP contribution in [0.2, 0.25) is 0 Å². The Hall–Kier alpha value is -1.76. The highest BCUT2D eigenvalue weighted by Gasteiger charge is 2.00. The number of rotatable bonds is 1. The molecule has 0 aliphatic carbocycles. The molecule has 24 heavy (non-hydrogen) atoms. The van der Waals surface area contributed by atoms with E-state index in [-0.39, 0.29) is 0 Å². The van der Waals surface area contributed by atoms with Crippen LogP contribution >= 0.6 is 11.3 Å². The van der Waals surface area contributed by atoms with Crippen molar-refractivity contribution in [1.29, 1.82) is 0 Å². The molecule has 2 aromatic heterocycles. The lowest BCUT2D eigenvalue weighted by molar-refractivity contribution is 0.311. The molecule has 2 heterocycles. The Morgan fingerprint density at radius 1 is 0.958 bits per heavy atom. The van der Waals surface area contributed by atoms with Gasteiger partial charge in [0, 0.05) is 23.7 Å². The van der Waals surface area contributed by atoms with Crippen molar-refractivity contribution in [1.82, 2.24) is 9.97 Å². The molecule has 0 radical (unpaired) electrons. The minimum Gasteiger partial charge on any atom is -0.405 e. The molecule has 0 bridgehead atoms. The highest BCUT2D eigenvalue weighted by Crippen LogP contribution is 2.24. The van der Waals surface area contributed by atoms with Crippen molar-refractivity contribution in [3.63, 3.8) is 0 Å². The summed E-state index contributed by atoms with van der Waals surface area (Å²) in [6.45, 7) is 19.1. The van der Waals surface area contributed by atoms with Crippen LogP contribution in [0.25, 0.3) is 10.4 Å². The van der Waals surface area contributed by atoms with Crippen LogP contribution in [0.4, 0.5) is 0 Å². The molecule has 0 aliphatic heterocycles. The lowest BCUT2D eigenvalue weighted by Gasteiger charge is -1.95. The average Bonchev–Trinajstić information content (AvgIpc) is 3.10. The summed E-state index contributed by atoms with van der Waals surface area (Å²) >= 11 is 1.70. The quantitative estimate of drug-likeness (QED) is 0.600. The maximum absolute atomic E-state index is 6.50. The van der Waals surface area contributed by atoms with E-state index in [0.717, 1.165) is 16.3 Å². The lowest BCUT2D eigenvalue weighted by atomic mass is 10.2. The zero-order valence-electron chi connectivity index (χ0n) is 16.5. The van der Waals surface area contributed by atoms with Crippen molar-refractivity contribution in [2.24, 2.45) is 11.6 Å². The van der Waals surface area contributed by atoms with Gasteiger partial charge in [-0.25, -0.2) is 10.9 Å². The number of nitrogens with two attached hydrogens (primary N) is 2. The highest BCUT2D eigenvalue weighted by molar-refractivity contribution is 7.15. The summed E-state index contributed by atoms with van der Waals surface area (Å²) < 4.78 is 0. The van der Waals surface area contributed by atoms with Crippen molar-refractivity contribution in [2.45, 2.75) is 55.4 Å². The van der Waals surface area contributed by atoms with Crippen LogP contribution in [0.3, 0.4) is 0 Å². The van der Waals surface area contributed by atoms with Gasteiger partial charge in [-0.2, -0.15) is 0 Å². The van der Waals surface area contributed by atoms with E-state index in [2.05, 4.69) is 34.2 Å². The van der Waals surface area contributed by atoms with Gasteiger partial charge < -0.3 is 10.9 Å². The zero-order valence-corrected chi connectivity index (χ0v) is 17.3. The molecule has 0 saturated carbocycles. The van der Waals surface area contributed by atoms with Crippen LogP contribution in [0.5, 0.6) is 0 Å². The van der Waals surface area contributed by atoms with Crippen molar-refractivity contribution in [3.8, 4) is 10.4 Å². The number of thiazole rings is 1. The van der Waals surface area contributed by atoms with Crippen molar-refractivity contribution in [3.05, 3.63) is 48.0 Å². The SMILES string of the molecule is C=CN.CC.CC.CC.Cc1ccc(-c2cnc(C)s2)cn1.NO.